The Kier molecular flexibility index (Phi) is 3.55. The molecule has 0 fully saturated rings. The maximum absolute atomic E-state index is 9.76. The van der Waals surface area contributed by atoms with Crippen molar-refractivity contribution >= 4 is 6.29 Å². The molecule has 0 aromatic carbocycles. The Morgan fingerprint density at radius 3 is 2.57 bits per heavy atom. The summed E-state index contributed by atoms with van der Waals surface area (Å²) in [6, 6.07) is 0. The van der Waals surface area contributed by atoms with Gasteiger partial charge in [-0.3, -0.25) is 0 Å². The topological polar surface area (TPSA) is 52.3 Å². The van der Waals surface area contributed by atoms with Crippen molar-refractivity contribution in [3.05, 3.63) is 0 Å². The minimum absolute atomic E-state index is 0.264. The van der Waals surface area contributed by atoms with Gasteiger partial charge < -0.3 is 15.3 Å². The summed E-state index contributed by atoms with van der Waals surface area (Å²) >= 11 is 0. The molecule has 0 rings (SSSR count). The second-order valence-corrected chi connectivity index (χ2v) is 1.15. The average molecular weight is 103 g/mol. The standard InChI is InChI=1S/C4H9NO2/c1-7-4(2-5)3-6/h3-4H,2,5H2,1H3. The van der Waals surface area contributed by atoms with E-state index < -0.39 is 6.10 Å². The van der Waals surface area contributed by atoms with Crippen LogP contribution in [-0.4, -0.2) is 26.0 Å². The molecule has 0 aliphatic carbocycles. The number of carbonyl (C=O) groups is 1. The molecule has 2 N–H and O–H groups in total. The molecule has 0 heterocycles. The van der Waals surface area contributed by atoms with Crippen molar-refractivity contribution in [3.8, 4) is 0 Å². The molecule has 0 radical (unpaired) electrons. The molecule has 0 aliphatic heterocycles. The van der Waals surface area contributed by atoms with E-state index in [1.165, 1.54) is 7.11 Å². The van der Waals surface area contributed by atoms with E-state index >= 15 is 0 Å². The third kappa shape index (κ3) is 2.31. The van der Waals surface area contributed by atoms with E-state index in [2.05, 4.69) is 4.74 Å². The lowest BCUT2D eigenvalue weighted by Crippen LogP contribution is -2.23. The van der Waals surface area contributed by atoms with Gasteiger partial charge >= 0.3 is 0 Å². The first-order chi connectivity index (χ1) is 3.35. The van der Waals surface area contributed by atoms with Crippen LogP contribution in [0.1, 0.15) is 0 Å². The largest absolute Gasteiger partial charge is 0.373 e. The highest BCUT2D eigenvalue weighted by Gasteiger charge is 1.97. The molecule has 0 aliphatic rings. The van der Waals surface area contributed by atoms with Gasteiger partial charge in [0.1, 0.15) is 12.4 Å². The van der Waals surface area contributed by atoms with Gasteiger partial charge in [0, 0.05) is 13.7 Å². The van der Waals surface area contributed by atoms with E-state index in [0.717, 1.165) is 0 Å². The van der Waals surface area contributed by atoms with Crippen LogP contribution in [0.4, 0.5) is 0 Å². The fourth-order valence-corrected chi connectivity index (χ4v) is 0.207. The number of hydrogen-bond acceptors (Lipinski definition) is 3. The number of ether oxygens (including phenoxy) is 1. The van der Waals surface area contributed by atoms with Crippen LogP contribution in [0.25, 0.3) is 0 Å². The molecule has 0 spiro atoms. The minimum Gasteiger partial charge on any atom is -0.373 e. The first-order valence-electron chi connectivity index (χ1n) is 2.03. The fraction of sp³-hybridized carbons (Fsp3) is 0.750. The lowest BCUT2D eigenvalue weighted by atomic mass is 10.4. The van der Waals surface area contributed by atoms with Crippen LogP contribution in [0.15, 0.2) is 0 Å². The van der Waals surface area contributed by atoms with Crippen LogP contribution >= 0.6 is 0 Å². The summed E-state index contributed by atoms with van der Waals surface area (Å²) in [5, 5.41) is 0. The molecule has 1 unspecified atom stereocenters. The van der Waals surface area contributed by atoms with Gasteiger partial charge in [0.2, 0.25) is 0 Å². The molecule has 0 aromatic heterocycles. The monoisotopic (exact) mass is 103 g/mol. The molecule has 42 valence electrons. The van der Waals surface area contributed by atoms with E-state index in [1.807, 2.05) is 0 Å². The maximum atomic E-state index is 9.76. The van der Waals surface area contributed by atoms with Crippen molar-refractivity contribution in [2.75, 3.05) is 13.7 Å². The van der Waals surface area contributed by atoms with Gasteiger partial charge in [-0.2, -0.15) is 0 Å². The van der Waals surface area contributed by atoms with Crippen molar-refractivity contribution in [1.29, 1.82) is 0 Å². The highest BCUT2D eigenvalue weighted by Crippen LogP contribution is 1.75. The highest BCUT2D eigenvalue weighted by atomic mass is 16.5. The SMILES string of the molecule is COC(C=O)CN. The minimum atomic E-state index is -0.417. The van der Waals surface area contributed by atoms with Crippen LogP contribution in [0, 0.1) is 0 Å². The number of nitrogens with two attached hydrogens (primary N) is 1. The average Bonchev–Trinajstić information content (AvgIpc) is 1.72. The molecule has 7 heavy (non-hydrogen) atoms. The van der Waals surface area contributed by atoms with Gasteiger partial charge in [-0.25, -0.2) is 0 Å². The van der Waals surface area contributed by atoms with Gasteiger partial charge in [-0.15, -0.1) is 0 Å². The van der Waals surface area contributed by atoms with Gasteiger partial charge in [-0.1, -0.05) is 0 Å². The molecular formula is C4H9NO2. The van der Waals surface area contributed by atoms with Crippen LogP contribution in [0.2, 0.25) is 0 Å². The predicted molar refractivity (Wildman–Crippen MR) is 25.9 cm³/mol. The lowest BCUT2D eigenvalue weighted by molar-refractivity contribution is -0.115. The summed E-state index contributed by atoms with van der Waals surface area (Å²) in [5.41, 5.74) is 5.04. The van der Waals surface area contributed by atoms with Crippen molar-refractivity contribution < 1.29 is 9.53 Å². The van der Waals surface area contributed by atoms with E-state index in [-0.39, 0.29) is 6.54 Å². The summed E-state index contributed by atoms with van der Waals surface area (Å²) in [6.07, 6.45) is 0.264. The Morgan fingerprint density at radius 2 is 2.57 bits per heavy atom. The summed E-state index contributed by atoms with van der Waals surface area (Å²) in [7, 11) is 1.45. The zero-order valence-corrected chi connectivity index (χ0v) is 4.26. The zero-order chi connectivity index (χ0) is 5.70. The van der Waals surface area contributed by atoms with E-state index in [0.29, 0.717) is 6.29 Å². The fourth-order valence-electron chi connectivity index (χ4n) is 0.207. The predicted octanol–water partition coefficient (Wildman–Crippen LogP) is -0.841. The van der Waals surface area contributed by atoms with E-state index in [9.17, 15) is 4.79 Å². The van der Waals surface area contributed by atoms with E-state index in [1.54, 1.807) is 0 Å². The Hall–Kier alpha value is -0.410. The van der Waals surface area contributed by atoms with Crippen LogP contribution < -0.4 is 5.73 Å². The second kappa shape index (κ2) is 3.77. The molecule has 3 nitrogen and oxygen atoms in total. The van der Waals surface area contributed by atoms with Crippen molar-refractivity contribution in [2.24, 2.45) is 5.73 Å². The second-order valence-electron chi connectivity index (χ2n) is 1.15. The third-order valence-electron chi connectivity index (χ3n) is 0.687. The van der Waals surface area contributed by atoms with Crippen molar-refractivity contribution in [3.63, 3.8) is 0 Å². The molecule has 0 bridgehead atoms. The molecule has 0 amide bonds. The van der Waals surface area contributed by atoms with Crippen molar-refractivity contribution in [2.45, 2.75) is 6.10 Å². The first kappa shape index (κ1) is 6.59. The normalized spacial score (nSPS) is 13.4. The van der Waals surface area contributed by atoms with Gasteiger partial charge in [-0.05, 0) is 0 Å². The van der Waals surface area contributed by atoms with Crippen LogP contribution in [0.5, 0.6) is 0 Å². The number of carbonyl (C=O) groups excluding carboxylic acids is 1. The number of rotatable bonds is 3. The molecular weight excluding hydrogens is 94.0 g/mol. The van der Waals surface area contributed by atoms with Gasteiger partial charge in [0.25, 0.3) is 0 Å². The van der Waals surface area contributed by atoms with Gasteiger partial charge in [0.15, 0.2) is 0 Å². The Balaban J connectivity index is 3.16. The molecule has 0 aromatic rings. The first-order valence-corrected chi connectivity index (χ1v) is 2.03. The number of methoxy groups -OCH3 is 1. The highest BCUT2D eigenvalue weighted by molar-refractivity contribution is 5.56. The van der Waals surface area contributed by atoms with Crippen molar-refractivity contribution in [1.82, 2.24) is 0 Å². The summed E-state index contributed by atoms with van der Waals surface area (Å²) in [5.74, 6) is 0. The molecule has 0 saturated carbocycles. The quantitative estimate of drug-likeness (QED) is 0.474. The molecule has 1 atom stereocenters. The maximum Gasteiger partial charge on any atom is 0.150 e. The number of hydrogen-bond donors (Lipinski definition) is 1. The molecule has 0 saturated heterocycles. The summed E-state index contributed by atoms with van der Waals surface area (Å²) < 4.78 is 4.56. The van der Waals surface area contributed by atoms with E-state index in [4.69, 9.17) is 5.73 Å². The Morgan fingerprint density at radius 1 is 2.00 bits per heavy atom. The Bertz CT molecular complexity index is 51.7. The zero-order valence-electron chi connectivity index (χ0n) is 4.26. The smallest absolute Gasteiger partial charge is 0.150 e. The van der Waals surface area contributed by atoms with Crippen LogP contribution in [0.3, 0.4) is 0 Å². The number of aldehydes is 1. The Labute approximate surface area is 42.4 Å². The molecule has 3 heteroatoms. The summed E-state index contributed by atoms with van der Waals surface area (Å²) in [4.78, 5) is 9.76. The van der Waals surface area contributed by atoms with Crippen LogP contribution in [-0.2, 0) is 9.53 Å². The lowest BCUT2D eigenvalue weighted by Gasteiger charge is -2.00. The van der Waals surface area contributed by atoms with Gasteiger partial charge in [0.05, 0.1) is 0 Å². The summed E-state index contributed by atoms with van der Waals surface area (Å²) in [6.45, 7) is 0.264. The third-order valence-corrected chi connectivity index (χ3v) is 0.687.